The molecule has 0 amide bonds. The van der Waals surface area contributed by atoms with Gasteiger partial charge in [0.15, 0.2) is 0 Å². The first-order valence-corrected chi connectivity index (χ1v) is 5.44. The monoisotopic (exact) mass is 267 g/mol. The summed E-state index contributed by atoms with van der Waals surface area (Å²) in [5.74, 6) is -0.142. The number of ether oxygens (including phenoxy) is 1. The summed E-state index contributed by atoms with van der Waals surface area (Å²) in [6.45, 7) is 1.79. The van der Waals surface area contributed by atoms with E-state index in [2.05, 4.69) is 16.3 Å². The van der Waals surface area contributed by atoms with E-state index >= 15 is 0 Å². The molecule has 0 aliphatic carbocycles. The minimum absolute atomic E-state index is 0.104. The van der Waals surface area contributed by atoms with Crippen molar-refractivity contribution < 1.29 is 17.9 Å². The van der Waals surface area contributed by atoms with Crippen LogP contribution in [0.5, 0.6) is 5.75 Å². The maximum absolute atomic E-state index is 12.9. The Hall–Kier alpha value is -0.940. The lowest BCUT2D eigenvalue weighted by Gasteiger charge is -2.18. The Bertz CT molecular complexity index is 371. The average molecular weight is 268 g/mol. The molecule has 0 fully saturated rings. The summed E-state index contributed by atoms with van der Waals surface area (Å²) in [5.41, 5.74) is 3.43. The summed E-state index contributed by atoms with van der Waals surface area (Å²) < 4.78 is 42.3. The number of halogens is 4. The van der Waals surface area contributed by atoms with Crippen LogP contribution in [0.25, 0.3) is 0 Å². The lowest BCUT2D eigenvalue weighted by atomic mass is 10.1. The molecule has 2 N–H and O–H groups in total. The van der Waals surface area contributed by atoms with Crippen molar-refractivity contribution in [2.45, 2.75) is 31.1 Å². The average Bonchev–Trinajstić information content (AvgIpc) is 2.15. The van der Waals surface area contributed by atoms with Crippen LogP contribution >= 0.6 is 11.6 Å². The topological polar surface area (TPSA) is 35.2 Å². The minimum Gasteiger partial charge on any atom is -0.429 e. The third-order valence-electron chi connectivity index (χ3n) is 1.96. The zero-order chi connectivity index (χ0) is 13.1. The Balaban J connectivity index is 2.78. The molecule has 0 aromatic heterocycles. The number of benzene rings is 1. The highest BCUT2D eigenvalue weighted by molar-refractivity contribution is 6.20. The van der Waals surface area contributed by atoms with Gasteiger partial charge in [-0.2, -0.15) is 8.78 Å². The standard InChI is InChI=1S/C11H13ClF3NO/c1-7(16)5-8-3-2-4-9(6-8)17-11(14,15)10(12)13/h2-4,6-7,10H,5,16H2,1H3. The highest BCUT2D eigenvalue weighted by Crippen LogP contribution is 2.29. The van der Waals surface area contributed by atoms with Crippen molar-refractivity contribution in [3.8, 4) is 5.75 Å². The minimum atomic E-state index is -4.05. The van der Waals surface area contributed by atoms with Gasteiger partial charge in [-0.25, -0.2) is 4.39 Å². The maximum atomic E-state index is 12.9. The van der Waals surface area contributed by atoms with Gasteiger partial charge in [-0.15, -0.1) is 0 Å². The smallest absolute Gasteiger partial charge is 0.429 e. The molecule has 2 unspecified atom stereocenters. The van der Waals surface area contributed by atoms with Crippen LogP contribution in [0.4, 0.5) is 13.2 Å². The zero-order valence-electron chi connectivity index (χ0n) is 9.17. The number of rotatable bonds is 5. The second-order valence-corrected chi connectivity index (χ2v) is 4.18. The molecule has 0 heterocycles. The molecule has 0 radical (unpaired) electrons. The molecule has 1 aromatic carbocycles. The third-order valence-corrected chi connectivity index (χ3v) is 2.22. The van der Waals surface area contributed by atoms with Crippen molar-refractivity contribution in [1.29, 1.82) is 0 Å². The normalized spacial score (nSPS) is 15.4. The van der Waals surface area contributed by atoms with Gasteiger partial charge in [-0.05, 0) is 31.0 Å². The Morgan fingerprint density at radius 3 is 2.65 bits per heavy atom. The fourth-order valence-corrected chi connectivity index (χ4v) is 1.35. The van der Waals surface area contributed by atoms with Crippen LogP contribution < -0.4 is 10.5 Å². The highest BCUT2D eigenvalue weighted by atomic mass is 35.5. The van der Waals surface area contributed by atoms with Gasteiger partial charge < -0.3 is 10.5 Å². The molecule has 0 spiro atoms. The van der Waals surface area contributed by atoms with Gasteiger partial charge in [0.1, 0.15) is 5.75 Å². The molecule has 17 heavy (non-hydrogen) atoms. The van der Waals surface area contributed by atoms with E-state index in [0.29, 0.717) is 6.42 Å². The van der Waals surface area contributed by atoms with Crippen molar-refractivity contribution in [2.75, 3.05) is 0 Å². The van der Waals surface area contributed by atoms with E-state index in [9.17, 15) is 13.2 Å². The van der Waals surface area contributed by atoms with E-state index in [1.165, 1.54) is 18.2 Å². The highest BCUT2D eigenvalue weighted by Gasteiger charge is 2.42. The van der Waals surface area contributed by atoms with Crippen LogP contribution in [0.1, 0.15) is 12.5 Å². The Kier molecular flexibility index (Phi) is 4.65. The van der Waals surface area contributed by atoms with E-state index in [1.54, 1.807) is 13.0 Å². The first kappa shape index (κ1) is 14.1. The first-order valence-electron chi connectivity index (χ1n) is 5.01. The molecule has 0 aliphatic heterocycles. The van der Waals surface area contributed by atoms with E-state index in [4.69, 9.17) is 5.73 Å². The molecule has 1 rings (SSSR count). The van der Waals surface area contributed by atoms with Gasteiger partial charge in [0.2, 0.25) is 0 Å². The third kappa shape index (κ3) is 4.44. The number of alkyl halides is 4. The van der Waals surface area contributed by atoms with Gasteiger partial charge in [0, 0.05) is 6.04 Å². The first-order chi connectivity index (χ1) is 7.81. The fourth-order valence-electron chi connectivity index (χ4n) is 1.31. The van der Waals surface area contributed by atoms with Crippen molar-refractivity contribution >= 4 is 11.6 Å². The molecule has 96 valence electrons. The largest absolute Gasteiger partial charge is 0.444 e. The number of nitrogens with two attached hydrogens (primary N) is 1. The molecular weight excluding hydrogens is 255 g/mol. The lowest BCUT2D eigenvalue weighted by Crippen LogP contribution is -2.32. The molecule has 6 heteroatoms. The van der Waals surface area contributed by atoms with E-state index in [0.717, 1.165) is 5.56 Å². The van der Waals surface area contributed by atoms with Gasteiger partial charge in [0.25, 0.3) is 5.63 Å². The van der Waals surface area contributed by atoms with Gasteiger partial charge in [-0.3, -0.25) is 0 Å². The summed E-state index contributed by atoms with van der Waals surface area (Å²) >= 11 is 4.68. The summed E-state index contributed by atoms with van der Waals surface area (Å²) in [6.07, 6.45) is -3.53. The molecular formula is C11H13ClF3NO. The van der Waals surface area contributed by atoms with Crippen LogP contribution in [0.15, 0.2) is 24.3 Å². The Morgan fingerprint density at radius 2 is 2.12 bits per heavy atom. The second-order valence-electron chi connectivity index (χ2n) is 3.79. The van der Waals surface area contributed by atoms with E-state index in [1.807, 2.05) is 0 Å². The summed E-state index contributed by atoms with van der Waals surface area (Å²) in [4.78, 5) is 0. The summed E-state index contributed by atoms with van der Waals surface area (Å²) in [5, 5.41) is 0. The molecule has 0 saturated carbocycles. The molecule has 2 nitrogen and oxygen atoms in total. The Morgan fingerprint density at radius 1 is 1.47 bits per heavy atom. The SMILES string of the molecule is CC(N)Cc1cccc(OC(F)(F)C(F)Cl)c1. The number of hydrogen-bond donors (Lipinski definition) is 1. The van der Waals surface area contributed by atoms with Crippen LogP contribution in [0.3, 0.4) is 0 Å². The van der Waals surface area contributed by atoms with Gasteiger partial charge in [-0.1, -0.05) is 23.7 Å². The van der Waals surface area contributed by atoms with Gasteiger partial charge >= 0.3 is 6.11 Å². The maximum Gasteiger partial charge on any atom is 0.444 e. The fraction of sp³-hybridized carbons (Fsp3) is 0.455. The predicted molar refractivity (Wildman–Crippen MR) is 60.1 cm³/mol. The van der Waals surface area contributed by atoms with E-state index < -0.39 is 11.7 Å². The van der Waals surface area contributed by atoms with Crippen LogP contribution in [0, 0.1) is 0 Å². The Labute approximate surface area is 103 Å². The number of hydrogen-bond acceptors (Lipinski definition) is 2. The summed E-state index contributed by atoms with van der Waals surface area (Å²) in [6, 6.07) is 5.84. The van der Waals surface area contributed by atoms with E-state index in [-0.39, 0.29) is 11.8 Å². The summed E-state index contributed by atoms with van der Waals surface area (Å²) in [7, 11) is 0. The lowest BCUT2D eigenvalue weighted by molar-refractivity contribution is -0.199. The van der Waals surface area contributed by atoms with Crippen LogP contribution in [-0.2, 0) is 6.42 Å². The van der Waals surface area contributed by atoms with Crippen LogP contribution in [-0.4, -0.2) is 17.8 Å². The molecule has 0 bridgehead atoms. The molecule has 0 saturated heterocycles. The van der Waals surface area contributed by atoms with Crippen molar-refractivity contribution in [1.82, 2.24) is 0 Å². The molecule has 1 aromatic rings. The van der Waals surface area contributed by atoms with Crippen LogP contribution in [0.2, 0.25) is 0 Å². The van der Waals surface area contributed by atoms with Gasteiger partial charge in [0.05, 0.1) is 0 Å². The predicted octanol–water partition coefficient (Wildman–Crippen LogP) is 3.08. The molecule has 2 atom stereocenters. The zero-order valence-corrected chi connectivity index (χ0v) is 9.92. The van der Waals surface area contributed by atoms with Crippen molar-refractivity contribution in [3.63, 3.8) is 0 Å². The second kappa shape index (κ2) is 5.60. The van der Waals surface area contributed by atoms with Crippen molar-refractivity contribution in [2.24, 2.45) is 5.73 Å². The van der Waals surface area contributed by atoms with Crippen molar-refractivity contribution in [3.05, 3.63) is 29.8 Å². The quantitative estimate of drug-likeness (QED) is 0.832. The molecule has 0 aliphatic rings.